The van der Waals surface area contributed by atoms with Gasteiger partial charge in [-0.3, -0.25) is 9.59 Å². The van der Waals surface area contributed by atoms with Gasteiger partial charge in [-0.1, -0.05) is 48.0 Å². The van der Waals surface area contributed by atoms with E-state index in [0.717, 1.165) is 27.7 Å². The summed E-state index contributed by atoms with van der Waals surface area (Å²) in [6, 6.07) is 18.0. The Kier molecular flexibility index (Phi) is 7.22. The number of para-hydroxylation sites is 1. The Morgan fingerprint density at radius 1 is 1.06 bits per heavy atom. The molecule has 0 unspecified atom stereocenters. The summed E-state index contributed by atoms with van der Waals surface area (Å²) in [6.45, 7) is 2.31. The van der Waals surface area contributed by atoms with E-state index in [9.17, 15) is 14.7 Å². The van der Waals surface area contributed by atoms with Gasteiger partial charge in [-0.2, -0.15) is 0 Å². The van der Waals surface area contributed by atoms with Crippen molar-refractivity contribution in [3.63, 3.8) is 0 Å². The number of hydrogen-bond donors (Lipinski definition) is 4. The number of benzene rings is 2. The second-order valence-electron chi connectivity index (χ2n) is 8.42. The highest BCUT2D eigenvalue weighted by Crippen LogP contribution is 2.17. The lowest BCUT2D eigenvalue weighted by molar-refractivity contribution is -0.129. The van der Waals surface area contributed by atoms with E-state index in [1.165, 1.54) is 0 Å². The number of aryl methyl sites for hydroxylation is 2. The third kappa shape index (κ3) is 6.01. The SMILES string of the molecule is Cc1ccc(C[C@H](NC(=O)CCc2ccccc2O)C(=O)NCc2cnc3[nH]ccc3c2)cc1. The fourth-order valence-electron chi connectivity index (χ4n) is 3.80. The summed E-state index contributed by atoms with van der Waals surface area (Å²) in [4.78, 5) is 33.2. The normalized spacial score (nSPS) is 11.8. The topological polar surface area (TPSA) is 107 Å². The molecule has 0 aliphatic rings. The molecule has 34 heavy (non-hydrogen) atoms. The minimum absolute atomic E-state index is 0.164. The number of H-pyrrole nitrogens is 1. The monoisotopic (exact) mass is 456 g/mol. The number of nitrogens with zero attached hydrogens (tertiary/aromatic N) is 1. The number of aromatic nitrogens is 2. The lowest BCUT2D eigenvalue weighted by Gasteiger charge is -2.19. The van der Waals surface area contributed by atoms with E-state index in [0.29, 0.717) is 24.9 Å². The average Bonchev–Trinajstić information content (AvgIpc) is 3.31. The summed E-state index contributed by atoms with van der Waals surface area (Å²) in [6.07, 6.45) is 4.48. The van der Waals surface area contributed by atoms with Gasteiger partial charge >= 0.3 is 0 Å². The maximum Gasteiger partial charge on any atom is 0.243 e. The largest absolute Gasteiger partial charge is 0.508 e. The summed E-state index contributed by atoms with van der Waals surface area (Å²) in [5, 5.41) is 16.7. The van der Waals surface area contributed by atoms with Gasteiger partial charge in [-0.15, -0.1) is 0 Å². The predicted octanol–water partition coefficient (Wildman–Crippen LogP) is 3.55. The lowest BCUT2D eigenvalue weighted by Crippen LogP contribution is -2.47. The standard InChI is InChI=1S/C27H28N4O3/c1-18-6-8-19(9-7-18)15-23(31-25(33)11-10-21-4-2-3-5-24(21)32)27(34)30-17-20-14-22-12-13-28-26(22)29-16-20/h2-9,12-14,16,23,32H,10-11,15,17H2,1H3,(H,28,29)(H,30,34)(H,31,33)/t23-/m0/s1. The van der Waals surface area contributed by atoms with Crippen molar-refractivity contribution < 1.29 is 14.7 Å². The third-order valence-electron chi connectivity index (χ3n) is 5.75. The molecule has 2 aromatic carbocycles. The van der Waals surface area contributed by atoms with Gasteiger partial charge in [0.15, 0.2) is 0 Å². The molecule has 7 nitrogen and oxygen atoms in total. The van der Waals surface area contributed by atoms with E-state index in [1.807, 2.05) is 55.6 Å². The first-order chi connectivity index (χ1) is 16.5. The zero-order chi connectivity index (χ0) is 23.9. The lowest BCUT2D eigenvalue weighted by atomic mass is 10.0. The number of hydrogen-bond acceptors (Lipinski definition) is 4. The number of carbonyl (C=O) groups is 2. The fourth-order valence-corrected chi connectivity index (χ4v) is 3.80. The third-order valence-corrected chi connectivity index (χ3v) is 5.75. The molecular formula is C27H28N4O3. The van der Waals surface area contributed by atoms with Gasteiger partial charge in [-0.05, 0) is 48.2 Å². The number of aromatic hydroxyl groups is 1. The van der Waals surface area contributed by atoms with Crippen LogP contribution >= 0.6 is 0 Å². The van der Waals surface area contributed by atoms with Gasteiger partial charge in [0.1, 0.15) is 17.4 Å². The zero-order valence-corrected chi connectivity index (χ0v) is 19.0. The van der Waals surface area contributed by atoms with Crippen molar-refractivity contribution in [1.29, 1.82) is 0 Å². The molecule has 174 valence electrons. The molecule has 1 atom stereocenters. The highest BCUT2D eigenvalue weighted by atomic mass is 16.3. The van der Waals surface area contributed by atoms with E-state index in [4.69, 9.17) is 0 Å². The van der Waals surface area contributed by atoms with Crippen molar-refractivity contribution in [1.82, 2.24) is 20.6 Å². The van der Waals surface area contributed by atoms with E-state index in [2.05, 4.69) is 20.6 Å². The molecule has 0 aliphatic carbocycles. The van der Waals surface area contributed by atoms with E-state index in [1.54, 1.807) is 24.4 Å². The first-order valence-corrected chi connectivity index (χ1v) is 11.3. The summed E-state index contributed by atoms with van der Waals surface area (Å²) >= 11 is 0. The first-order valence-electron chi connectivity index (χ1n) is 11.3. The number of amides is 2. The summed E-state index contributed by atoms with van der Waals surface area (Å²) < 4.78 is 0. The molecular weight excluding hydrogens is 428 g/mol. The Balaban J connectivity index is 1.41. The molecule has 2 aromatic heterocycles. The van der Waals surface area contributed by atoms with Gasteiger partial charge in [0.25, 0.3) is 0 Å². The molecule has 0 fully saturated rings. The Hall–Kier alpha value is -4.13. The molecule has 4 rings (SSSR count). The molecule has 0 bridgehead atoms. The number of fused-ring (bicyclic) bond motifs is 1. The van der Waals surface area contributed by atoms with Crippen LogP contribution in [0.15, 0.2) is 73.1 Å². The van der Waals surface area contributed by atoms with Crippen molar-refractivity contribution in [2.24, 2.45) is 0 Å². The van der Waals surface area contributed by atoms with Crippen LogP contribution in [0.5, 0.6) is 5.75 Å². The molecule has 0 spiro atoms. The number of phenols is 1. The number of carbonyl (C=O) groups excluding carboxylic acids is 2. The average molecular weight is 457 g/mol. The van der Waals surface area contributed by atoms with Gasteiger partial charge in [0.05, 0.1) is 0 Å². The molecule has 0 saturated carbocycles. The maximum absolute atomic E-state index is 13.1. The Labute approximate surface area is 198 Å². The minimum atomic E-state index is -0.719. The predicted molar refractivity (Wildman–Crippen MR) is 131 cm³/mol. The van der Waals surface area contributed by atoms with Crippen LogP contribution in [0.2, 0.25) is 0 Å². The first kappa shape index (κ1) is 23.0. The summed E-state index contributed by atoms with van der Waals surface area (Å²) in [5.74, 6) is -0.339. The van der Waals surface area contributed by atoms with Crippen LogP contribution < -0.4 is 10.6 Å². The Bertz CT molecular complexity index is 1280. The molecule has 4 aromatic rings. The van der Waals surface area contributed by atoms with E-state index < -0.39 is 6.04 Å². The Morgan fingerprint density at radius 2 is 1.85 bits per heavy atom. The minimum Gasteiger partial charge on any atom is -0.508 e. The molecule has 0 radical (unpaired) electrons. The van der Waals surface area contributed by atoms with Gasteiger partial charge in [-0.25, -0.2) is 4.98 Å². The summed E-state index contributed by atoms with van der Waals surface area (Å²) in [5.41, 5.74) is 4.46. The molecule has 0 aliphatic heterocycles. The van der Waals surface area contributed by atoms with Crippen LogP contribution in [-0.4, -0.2) is 32.9 Å². The number of nitrogens with one attached hydrogen (secondary N) is 3. The van der Waals surface area contributed by atoms with Crippen LogP contribution in [0.25, 0.3) is 11.0 Å². The van der Waals surface area contributed by atoms with Crippen LogP contribution in [0.3, 0.4) is 0 Å². The summed E-state index contributed by atoms with van der Waals surface area (Å²) in [7, 11) is 0. The molecule has 2 amide bonds. The number of aromatic amines is 1. The number of rotatable bonds is 9. The van der Waals surface area contributed by atoms with Crippen LogP contribution in [0.1, 0.15) is 28.7 Å². The van der Waals surface area contributed by atoms with Crippen LogP contribution in [0.4, 0.5) is 0 Å². The van der Waals surface area contributed by atoms with Crippen molar-refractivity contribution >= 4 is 22.8 Å². The second-order valence-corrected chi connectivity index (χ2v) is 8.42. The van der Waals surface area contributed by atoms with Gasteiger partial charge in [0.2, 0.25) is 11.8 Å². The molecule has 2 heterocycles. The quantitative estimate of drug-likeness (QED) is 0.309. The number of phenolic OH excluding ortho intramolecular Hbond substituents is 1. The maximum atomic E-state index is 13.1. The van der Waals surface area contributed by atoms with Crippen molar-refractivity contribution in [3.05, 3.63) is 95.3 Å². The molecule has 7 heteroatoms. The molecule has 0 saturated heterocycles. The van der Waals surface area contributed by atoms with Gasteiger partial charge < -0.3 is 20.7 Å². The van der Waals surface area contributed by atoms with E-state index in [-0.39, 0.29) is 24.0 Å². The smallest absolute Gasteiger partial charge is 0.243 e. The fraction of sp³-hybridized carbons (Fsp3) is 0.222. The van der Waals surface area contributed by atoms with Gasteiger partial charge in [0, 0.05) is 37.2 Å². The number of pyridine rings is 1. The van der Waals surface area contributed by atoms with Crippen LogP contribution in [-0.2, 0) is 29.0 Å². The van der Waals surface area contributed by atoms with Crippen LogP contribution in [0, 0.1) is 6.92 Å². The van der Waals surface area contributed by atoms with Crippen molar-refractivity contribution in [2.75, 3.05) is 0 Å². The Morgan fingerprint density at radius 3 is 2.65 bits per heavy atom. The zero-order valence-electron chi connectivity index (χ0n) is 19.0. The molecule has 4 N–H and O–H groups in total. The highest BCUT2D eigenvalue weighted by molar-refractivity contribution is 5.88. The van der Waals surface area contributed by atoms with E-state index >= 15 is 0 Å². The highest BCUT2D eigenvalue weighted by Gasteiger charge is 2.21. The van der Waals surface area contributed by atoms with Crippen molar-refractivity contribution in [2.45, 2.75) is 38.8 Å². The van der Waals surface area contributed by atoms with Crippen molar-refractivity contribution in [3.8, 4) is 5.75 Å². The second kappa shape index (κ2) is 10.7.